The molecule has 1 fully saturated rings. The van der Waals surface area contributed by atoms with Crippen molar-refractivity contribution in [2.45, 2.75) is 25.7 Å². The third kappa shape index (κ3) is 5.10. The van der Waals surface area contributed by atoms with E-state index in [-0.39, 0.29) is 24.3 Å². The number of halogens is 1. The summed E-state index contributed by atoms with van der Waals surface area (Å²) in [5.41, 5.74) is 4.15. The van der Waals surface area contributed by atoms with E-state index in [1.165, 1.54) is 11.3 Å². The van der Waals surface area contributed by atoms with Gasteiger partial charge in [0.25, 0.3) is 5.91 Å². The number of fused-ring (bicyclic) bond motifs is 1. The Hall–Kier alpha value is -3.20. The van der Waals surface area contributed by atoms with E-state index in [9.17, 15) is 9.59 Å². The van der Waals surface area contributed by atoms with Crippen LogP contribution in [0.5, 0.6) is 0 Å². The molecule has 0 radical (unpaired) electrons. The number of imidazole rings is 1. The van der Waals surface area contributed by atoms with E-state index in [1.807, 2.05) is 54.6 Å². The van der Waals surface area contributed by atoms with Gasteiger partial charge in [-0.2, -0.15) is 0 Å². The molecule has 3 heterocycles. The predicted octanol–water partition coefficient (Wildman–Crippen LogP) is 5.83. The first-order valence-electron chi connectivity index (χ1n) is 11.6. The summed E-state index contributed by atoms with van der Waals surface area (Å²) in [6, 6.07) is 17.1. The van der Waals surface area contributed by atoms with Crippen LogP contribution in [-0.4, -0.2) is 41.5 Å². The van der Waals surface area contributed by atoms with Crippen molar-refractivity contribution in [3.63, 3.8) is 0 Å². The average molecular weight is 509 g/mol. The monoisotopic (exact) mass is 508 g/mol. The van der Waals surface area contributed by atoms with Gasteiger partial charge in [0.1, 0.15) is 12.4 Å². The van der Waals surface area contributed by atoms with Crippen molar-refractivity contribution in [2.24, 2.45) is 0 Å². The van der Waals surface area contributed by atoms with E-state index in [2.05, 4.69) is 17.2 Å². The van der Waals surface area contributed by atoms with Gasteiger partial charge in [-0.05, 0) is 60.5 Å². The van der Waals surface area contributed by atoms with Gasteiger partial charge < -0.3 is 19.9 Å². The van der Waals surface area contributed by atoms with Crippen molar-refractivity contribution in [2.75, 3.05) is 30.0 Å². The van der Waals surface area contributed by atoms with Gasteiger partial charge in [0.2, 0.25) is 5.91 Å². The summed E-state index contributed by atoms with van der Waals surface area (Å²) >= 11 is 7.55. The lowest BCUT2D eigenvalue weighted by Crippen LogP contribution is -2.41. The molecule has 1 aliphatic heterocycles. The van der Waals surface area contributed by atoms with E-state index in [0.29, 0.717) is 23.2 Å². The number of ether oxygens (including phenoxy) is 1. The Morgan fingerprint density at radius 3 is 2.77 bits per heavy atom. The van der Waals surface area contributed by atoms with Crippen molar-refractivity contribution in [1.82, 2.24) is 9.97 Å². The Bertz CT molecular complexity index is 1360. The fourth-order valence-corrected chi connectivity index (χ4v) is 5.27. The molecule has 1 saturated heterocycles. The molecule has 7 nitrogen and oxygen atoms in total. The average Bonchev–Trinajstić information content (AvgIpc) is 3.49. The molecule has 1 aliphatic rings. The summed E-state index contributed by atoms with van der Waals surface area (Å²) < 4.78 is 5.91. The van der Waals surface area contributed by atoms with Crippen LogP contribution in [0, 0.1) is 0 Å². The molecule has 2 aromatic heterocycles. The van der Waals surface area contributed by atoms with Crippen LogP contribution in [0.2, 0.25) is 4.34 Å². The summed E-state index contributed by atoms with van der Waals surface area (Å²) in [5.74, 6) is 0.336. The number of amides is 2. The minimum atomic E-state index is -0.304. The topological polar surface area (TPSA) is 87.3 Å². The number of nitrogens with one attached hydrogen (secondary N) is 2. The second-order valence-electron chi connectivity index (χ2n) is 8.44. The van der Waals surface area contributed by atoms with Gasteiger partial charge in [-0.1, -0.05) is 31.0 Å². The van der Waals surface area contributed by atoms with Crippen LogP contribution >= 0.6 is 22.9 Å². The maximum atomic E-state index is 13.3. The number of nitrogens with zero attached hydrogens (tertiary/aromatic N) is 2. The number of rotatable bonds is 7. The van der Waals surface area contributed by atoms with Gasteiger partial charge in [-0.25, -0.2) is 4.98 Å². The zero-order valence-electron chi connectivity index (χ0n) is 19.2. The van der Waals surface area contributed by atoms with E-state index < -0.39 is 0 Å². The Labute approximate surface area is 212 Å². The van der Waals surface area contributed by atoms with Crippen LogP contribution in [0.15, 0.2) is 54.6 Å². The fraction of sp³-hybridized carbons (Fsp3) is 0.269. The molecule has 2 amide bonds. The van der Waals surface area contributed by atoms with Crippen LogP contribution in [0.3, 0.4) is 0 Å². The summed E-state index contributed by atoms with van der Waals surface area (Å²) in [4.78, 5) is 36.1. The van der Waals surface area contributed by atoms with Crippen LogP contribution in [0.25, 0.3) is 21.7 Å². The lowest BCUT2D eigenvalue weighted by Gasteiger charge is -2.27. The van der Waals surface area contributed by atoms with E-state index >= 15 is 0 Å². The predicted molar refractivity (Wildman–Crippen MR) is 140 cm³/mol. The third-order valence-electron chi connectivity index (χ3n) is 6.04. The summed E-state index contributed by atoms with van der Waals surface area (Å²) in [5, 5.41) is 3.04. The number of morpholine rings is 1. The molecule has 2 N–H and O–H groups in total. The molecule has 2 aromatic carbocycles. The SMILES string of the molecule is CCCC(C(=O)Nc1ccc(N2CCOCC2=O)cc1)c1ccc2[nH]c(-c3ccc(Cl)s3)nc2c1. The first kappa shape index (κ1) is 23.5. The molecule has 1 unspecified atom stereocenters. The molecule has 0 spiro atoms. The van der Waals surface area contributed by atoms with Gasteiger partial charge in [0.05, 0.1) is 32.8 Å². The zero-order chi connectivity index (χ0) is 24.4. The van der Waals surface area contributed by atoms with Crippen molar-refractivity contribution in [3.8, 4) is 10.7 Å². The second-order valence-corrected chi connectivity index (χ2v) is 10.2. The lowest BCUT2D eigenvalue weighted by atomic mass is 9.93. The fourth-order valence-electron chi connectivity index (χ4n) is 4.28. The normalized spacial score (nSPS) is 14.9. The maximum absolute atomic E-state index is 13.3. The quantitative estimate of drug-likeness (QED) is 0.329. The molecule has 0 bridgehead atoms. The van der Waals surface area contributed by atoms with Gasteiger partial charge in [-0.3, -0.25) is 9.59 Å². The van der Waals surface area contributed by atoms with Gasteiger partial charge in [0.15, 0.2) is 0 Å². The molecule has 5 rings (SSSR count). The Morgan fingerprint density at radius 1 is 1.23 bits per heavy atom. The minimum Gasteiger partial charge on any atom is -0.370 e. The number of carbonyl (C=O) groups excluding carboxylic acids is 2. The molecular formula is C26H25ClN4O3S. The second kappa shape index (κ2) is 10.2. The van der Waals surface area contributed by atoms with Crippen molar-refractivity contribution >= 4 is 57.2 Å². The summed E-state index contributed by atoms with van der Waals surface area (Å²) in [7, 11) is 0. The number of aromatic nitrogens is 2. The molecule has 0 aliphatic carbocycles. The van der Waals surface area contributed by atoms with Crippen LogP contribution in [0.1, 0.15) is 31.2 Å². The Morgan fingerprint density at radius 2 is 2.06 bits per heavy atom. The Kier molecular flexibility index (Phi) is 6.86. The van der Waals surface area contributed by atoms with Gasteiger partial charge in [0, 0.05) is 17.9 Å². The summed E-state index contributed by atoms with van der Waals surface area (Å²) in [6.45, 7) is 3.21. The number of carbonyl (C=O) groups is 2. The number of hydrogen-bond donors (Lipinski definition) is 2. The maximum Gasteiger partial charge on any atom is 0.253 e. The molecular weight excluding hydrogens is 484 g/mol. The molecule has 180 valence electrons. The van der Waals surface area contributed by atoms with Crippen molar-refractivity contribution < 1.29 is 14.3 Å². The molecule has 35 heavy (non-hydrogen) atoms. The highest BCUT2D eigenvalue weighted by Gasteiger charge is 2.23. The highest BCUT2D eigenvalue weighted by Crippen LogP contribution is 2.32. The van der Waals surface area contributed by atoms with Crippen LogP contribution in [-0.2, 0) is 14.3 Å². The molecule has 1 atom stereocenters. The van der Waals surface area contributed by atoms with Gasteiger partial charge >= 0.3 is 0 Å². The molecule has 4 aromatic rings. The molecule has 0 saturated carbocycles. The third-order valence-corrected chi connectivity index (χ3v) is 7.28. The number of benzene rings is 2. The number of anilines is 2. The van der Waals surface area contributed by atoms with Gasteiger partial charge in [-0.15, -0.1) is 11.3 Å². The largest absolute Gasteiger partial charge is 0.370 e. The van der Waals surface area contributed by atoms with Crippen LogP contribution in [0.4, 0.5) is 11.4 Å². The van der Waals surface area contributed by atoms with E-state index in [1.54, 1.807) is 4.90 Å². The minimum absolute atomic E-state index is 0.0601. The number of thiophene rings is 1. The first-order valence-corrected chi connectivity index (χ1v) is 12.8. The smallest absolute Gasteiger partial charge is 0.253 e. The zero-order valence-corrected chi connectivity index (χ0v) is 20.8. The van der Waals surface area contributed by atoms with Crippen molar-refractivity contribution in [3.05, 3.63) is 64.5 Å². The standard InChI is InChI=1S/C26H25ClN4O3S/c1-2-3-19(16-4-9-20-21(14-16)30-25(29-20)22-10-11-23(27)35-22)26(33)28-17-5-7-18(8-6-17)31-12-13-34-15-24(31)32/h4-11,14,19H,2-3,12-13,15H2,1H3,(H,28,33)(H,29,30). The number of hydrogen-bond acceptors (Lipinski definition) is 5. The first-order chi connectivity index (χ1) is 17.0. The van der Waals surface area contributed by atoms with Crippen LogP contribution < -0.4 is 10.2 Å². The van der Waals surface area contributed by atoms with E-state index in [0.717, 1.165) is 45.8 Å². The highest BCUT2D eigenvalue weighted by atomic mass is 35.5. The number of aromatic amines is 1. The molecule has 9 heteroatoms. The number of H-pyrrole nitrogens is 1. The highest BCUT2D eigenvalue weighted by molar-refractivity contribution is 7.19. The lowest BCUT2D eigenvalue weighted by molar-refractivity contribution is -0.125. The Balaban J connectivity index is 1.34. The summed E-state index contributed by atoms with van der Waals surface area (Å²) in [6.07, 6.45) is 1.59. The van der Waals surface area contributed by atoms with Crippen molar-refractivity contribution in [1.29, 1.82) is 0 Å². The van der Waals surface area contributed by atoms with E-state index in [4.69, 9.17) is 21.3 Å².